The second-order valence-corrected chi connectivity index (χ2v) is 4.09. The molecule has 2 aromatic rings. The maximum Gasteiger partial charge on any atom is 0.0757 e. The summed E-state index contributed by atoms with van der Waals surface area (Å²) in [4.78, 5) is 0. The Labute approximate surface area is 90.7 Å². The monoisotopic (exact) mass is 203 g/mol. The Bertz CT molecular complexity index is 469. The molecule has 15 heavy (non-hydrogen) atoms. The molecule has 2 nitrogen and oxygen atoms in total. The molecule has 1 aromatic heterocycles. The lowest BCUT2D eigenvalue weighted by molar-refractivity contribution is -0.368. The fourth-order valence-corrected chi connectivity index (χ4v) is 2.16. The number of aryl methyl sites for hydroxylation is 2. The van der Waals surface area contributed by atoms with E-state index in [9.17, 15) is 0 Å². The molecule has 0 spiro atoms. The van der Waals surface area contributed by atoms with Gasteiger partial charge in [0.05, 0.1) is 6.54 Å². The average molecular weight is 203 g/mol. The smallest absolute Gasteiger partial charge is 0.0757 e. The molecule has 0 fully saturated rings. The van der Waals surface area contributed by atoms with E-state index < -0.39 is 0 Å². The summed E-state index contributed by atoms with van der Waals surface area (Å²) in [6.07, 6.45) is 1.15. The van der Waals surface area contributed by atoms with E-state index in [2.05, 4.69) is 48.4 Å². The van der Waals surface area contributed by atoms with Crippen LogP contribution in [0.2, 0.25) is 0 Å². The summed E-state index contributed by atoms with van der Waals surface area (Å²) in [6.45, 7) is 6.51. The molecule has 0 unspecified atom stereocenters. The van der Waals surface area contributed by atoms with Crippen molar-refractivity contribution in [1.29, 1.82) is 0 Å². The van der Waals surface area contributed by atoms with Gasteiger partial charge in [0.2, 0.25) is 0 Å². The van der Waals surface area contributed by atoms with Crippen LogP contribution >= 0.6 is 0 Å². The first-order chi connectivity index (χ1) is 7.25. The molecule has 0 saturated heterocycles. The van der Waals surface area contributed by atoms with Gasteiger partial charge in [-0.25, -0.2) is 0 Å². The highest BCUT2D eigenvalue weighted by molar-refractivity contribution is 5.85. The van der Waals surface area contributed by atoms with Gasteiger partial charge in [0.1, 0.15) is 0 Å². The number of hydrogen-bond donors (Lipinski definition) is 1. The summed E-state index contributed by atoms with van der Waals surface area (Å²) in [6, 6.07) is 8.64. The van der Waals surface area contributed by atoms with Crippen molar-refractivity contribution < 1.29 is 5.73 Å². The van der Waals surface area contributed by atoms with Gasteiger partial charge in [-0.1, -0.05) is 18.2 Å². The van der Waals surface area contributed by atoms with Gasteiger partial charge < -0.3 is 10.3 Å². The molecule has 1 aromatic carbocycles. The third-order valence-corrected chi connectivity index (χ3v) is 3.18. The van der Waals surface area contributed by atoms with Crippen LogP contribution in [0.15, 0.2) is 24.3 Å². The van der Waals surface area contributed by atoms with Gasteiger partial charge in [-0.15, -0.1) is 0 Å². The molecule has 0 atom stereocenters. The van der Waals surface area contributed by atoms with Crippen LogP contribution in [0, 0.1) is 13.8 Å². The first-order valence-corrected chi connectivity index (χ1v) is 5.59. The van der Waals surface area contributed by atoms with Gasteiger partial charge in [-0.2, -0.15) is 0 Å². The second-order valence-electron chi connectivity index (χ2n) is 4.09. The zero-order valence-corrected chi connectivity index (χ0v) is 9.59. The van der Waals surface area contributed by atoms with E-state index in [-0.39, 0.29) is 0 Å². The largest absolute Gasteiger partial charge is 0.358 e. The van der Waals surface area contributed by atoms with Crippen molar-refractivity contribution in [3.8, 4) is 0 Å². The molecule has 3 N–H and O–H groups in total. The van der Waals surface area contributed by atoms with Crippen LogP contribution in [-0.4, -0.2) is 11.1 Å². The Morgan fingerprint density at radius 3 is 2.67 bits per heavy atom. The van der Waals surface area contributed by atoms with E-state index in [4.69, 9.17) is 0 Å². The Morgan fingerprint density at radius 2 is 1.93 bits per heavy atom. The summed E-state index contributed by atoms with van der Waals surface area (Å²) < 4.78 is 2.41. The third kappa shape index (κ3) is 1.65. The van der Waals surface area contributed by atoms with E-state index in [1.165, 1.54) is 22.2 Å². The second kappa shape index (κ2) is 4.07. The molecule has 1 heterocycles. The first kappa shape index (κ1) is 10.2. The highest BCUT2D eigenvalue weighted by atomic mass is 15.0. The quantitative estimate of drug-likeness (QED) is 0.790. The molecular weight excluding hydrogens is 184 g/mol. The minimum atomic E-state index is 1.00. The topological polar surface area (TPSA) is 32.6 Å². The van der Waals surface area contributed by atoms with Crippen LogP contribution in [0.3, 0.4) is 0 Å². The van der Waals surface area contributed by atoms with Gasteiger partial charge in [0.25, 0.3) is 0 Å². The number of quaternary nitrogens is 1. The van der Waals surface area contributed by atoms with Crippen LogP contribution in [0.4, 0.5) is 0 Å². The number of aromatic nitrogens is 1. The van der Waals surface area contributed by atoms with Crippen molar-refractivity contribution in [1.82, 2.24) is 4.57 Å². The Kier molecular flexibility index (Phi) is 2.78. The van der Waals surface area contributed by atoms with Crippen molar-refractivity contribution in [2.45, 2.75) is 26.8 Å². The molecule has 0 aliphatic heterocycles. The lowest BCUT2D eigenvalue weighted by atomic mass is 10.2. The van der Waals surface area contributed by atoms with Crippen molar-refractivity contribution in [3.05, 3.63) is 35.5 Å². The molecule has 2 heteroatoms. The first-order valence-electron chi connectivity index (χ1n) is 5.59. The standard InChI is InChI=1S/C13H18N2/c1-10-11(2)15(9-5-8-14)13-7-4-3-6-12(10)13/h3-4,6-7H,5,8-9,14H2,1-2H3/p+1. The number of hydrogen-bond acceptors (Lipinski definition) is 0. The van der Waals surface area contributed by atoms with Gasteiger partial charge in [-0.3, -0.25) is 0 Å². The van der Waals surface area contributed by atoms with Crippen LogP contribution in [0.25, 0.3) is 10.9 Å². The maximum atomic E-state index is 3.90. The zero-order chi connectivity index (χ0) is 10.8. The Hall–Kier alpha value is -1.28. The number of nitrogens with zero attached hydrogens (tertiary/aromatic N) is 1. The molecular formula is C13H19N2+. The summed E-state index contributed by atoms with van der Waals surface area (Å²) in [5.74, 6) is 0. The molecule has 0 amide bonds. The molecule has 80 valence electrons. The number of para-hydroxylation sites is 1. The number of benzene rings is 1. The van der Waals surface area contributed by atoms with E-state index in [1.54, 1.807) is 0 Å². The lowest BCUT2D eigenvalue weighted by Crippen LogP contribution is -2.50. The molecule has 0 aliphatic rings. The molecule has 0 saturated carbocycles. The summed E-state index contributed by atoms with van der Waals surface area (Å²) >= 11 is 0. The summed E-state index contributed by atoms with van der Waals surface area (Å²) in [5, 5.41) is 1.39. The fraction of sp³-hybridized carbons (Fsp3) is 0.385. The van der Waals surface area contributed by atoms with E-state index >= 15 is 0 Å². The predicted octanol–water partition coefficient (Wildman–Crippen LogP) is 1.89. The minimum Gasteiger partial charge on any atom is -0.358 e. The zero-order valence-electron chi connectivity index (χ0n) is 9.59. The Morgan fingerprint density at radius 1 is 1.20 bits per heavy atom. The van der Waals surface area contributed by atoms with E-state index in [1.807, 2.05) is 0 Å². The van der Waals surface area contributed by atoms with Crippen molar-refractivity contribution in [3.63, 3.8) is 0 Å². The third-order valence-electron chi connectivity index (χ3n) is 3.18. The molecule has 0 bridgehead atoms. The van der Waals surface area contributed by atoms with Crippen molar-refractivity contribution in [2.75, 3.05) is 6.54 Å². The van der Waals surface area contributed by atoms with E-state index in [0.29, 0.717) is 0 Å². The fourth-order valence-electron chi connectivity index (χ4n) is 2.16. The van der Waals surface area contributed by atoms with E-state index in [0.717, 1.165) is 19.5 Å². The van der Waals surface area contributed by atoms with Crippen LogP contribution in [0.1, 0.15) is 17.7 Å². The Balaban J connectivity index is 2.56. The summed E-state index contributed by atoms with van der Waals surface area (Å²) in [5.41, 5.74) is 8.07. The minimum absolute atomic E-state index is 1.00. The van der Waals surface area contributed by atoms with Crippen LogP contribution in [-0.2, 0) is 6.54 Å². The maximum absolute atomic E-state index is 3.90. The van der Waals surface area contributed by atoms with Crippen LogP contribution < -0.4 is 5.73 Å². The molecule has 0 aliphatic carbocycles. The summed E-state index contributed by atoms with van der Waals surface area (Å²) in [7, 11) is 0. The normalized spacial score (nSPS) is 11.1. The molecule has 2 rings (SSSR count). The van der Waals surface area contributed by atoms with Crippen LogP contribution in [0.5, 0.6) is 0 Å². The SMILES string of the molecule is Cc1c(C)n(CCC[NH3+])c2ccccc12. The molecule has 0 radical (unpaired) electrons. The van der Waals surface area contributed by atoms with Crippen molar-refractivity contribution >= 4 is 10.9 Å². The highest BCUT2D eigenvalue weighted by Gasteiger charge is 2.09. The van der Waals surface area contributed by atoms with Gasteiger partial charge in [0.15, 0.2) is 0 Å². The van der Waals surface area contributed by atoms with Gasteiger partial charge in [0, 0.05) is 29.6 Å². The lowest BCUT2D eigenvalue weighted by Gasteiger charge is -2.06. The van der Waals surface area contributed by atoms with Crippen molar-refractivity contribution in [2.24, 2.45) is 0 Å². The highest BCUT2D eigenvalue weighted by Crippen LogP contribution is 2.24. The number of rotatable bonds is 3. The van der Waals surface area contributed by atoms with Gasteiger partial charge >= 0.3 is 0 Å². The average Bonchev–Trinajstić information content (AvgIpc) is 2.51. The predicted molar refractivity (Wildman–Crippen MR) is 63.8 cm³/mol. The number of fused-ring (bicyclic) bond motifs is 1. The van der Waals surface area contributed by atoms with Gasteiger partial charge in [-0.05, 0) is 25.5 Å².